The van der Waals surface area contributed by atoms with Gasteiger partial charge >= 0.3 is 6.03 Å². The highest BCUT2D eigenvalue weighted by Crippen LogP contribution is 2.39. The van der Waals surface area contributed by atoms with Crippen molar-refractivity contribution in [1.29, 1.82) is 0 Å². The van der Waals surface area contributed by atoms with Gasteiger partial charge in [-0.25, -0.2) is 9.79 Å². The highest BCUT2D eigenvalue weighted by molar-refractivity contribution is 6.02. The Labute approximate surface area is 177 Å². The number of aryl methyl sites for hydroxylation is 1. The molecule has 2 saturated heterocycles. The number of aliphatic hydroxyl groups is 1. The van der Waals surface area contributed by atoms with E-state index in [2.05, 4.69) is 21.5 Å². The highest BCUT2D eigenvalue weighted by Gasteiger charge is 2.41. The van der Waals surface area contributed by atoms with E-state index in [1.807, 2.05) is 42.4 Å². The standard InChI is InChI=1S/C17H21N3O2.C4H6N2.CH4O/c21-16(19-15-11-13-3-1-2-4-14(13)18-15)20-8-5-17(12-20)6-9-22-10-7-17;1-6-4-2-3-5-6;1-2/h1-4H,5-12H2,(H,18,19,21);2-4H,1H3;2H,1H3. The third-order valence-corrected chi connectivity index (χ3v) is 5.77. The molecule has 3 aliphatic rings. The first-order valence-corrected chi connectivity index (χ1v) is 10.3. The number of hydrogen-bond donors (Lipinski definition) is 2. The fraction of sp³-hybridized carbons (Fsp3) is 0.500. The summed E-state index contributed by atoms with van der Waals surface area (Å²) in [4.78, 5) is 18.9. The molecular formula is C22H31N5O3. The normalized spacial score (nSPS) is 18.5. The van der Waals surface area contributed by atoms with Crippen LogP contribution in [0, 0.1) is 5.41 Å². The second-order valence-electron chi connectivity index (χ2n) is 7.76. The predicted molar refractivity (Wildman–Crippen MR) is 116 cm³/mol. The number of amides is 2. The largest absolute Gasteiger partial charge is 0.400 e. The van der Waals surface area contributed by atoms with Gasteiger partial charge in [0.15, 0.2) is 0 Å². The van der Waals surface area contributed by atoms with E-state index in [1.165, 1.54) is 5.56 Å². The monoisotopic (exact) mass is 413 g/mol. The number of aromatic nitrogens is 2. The number of fused-ring (bicyclic) bond motifs is 1. The number of amidine groups is 1. The topological polar surface area (TPSA) is 92.0 Å². The van der Waals surface area contributed by atoms with Crippen molar-refractivity contribution < 1.29 is 14.6 Å². The molecule has 5 rings (SSSR count). The van der Waals surface area contributed by atoms with E-state index >= 15 is 0 Å². The van der Waals surface area contributed by atoms with Crippen molar-refractivity contribution in [3.8, 4) is 0 Å². The van der Waals surface area contributed by atoms with Crippen molar-refractivity contribution in [3.63, 3.8) is 0 Å². The molecule has 0 aliphatic carbocycles. The minimum Gasteiger partial charge on any atom is -0.400 e. The Morgan fingerprint density at radius 1 is 1.17 bits per heavy atom. The van der Waals surface area contributed by atoms with E-state index in [-0.39, 0.29) is 11.4 Å². The maximum atomic E-state index is 12.5. The Hall–Kier alpha value is -2.71. The zero-order valence-corrected chi connectivity index (χ0v) is 17.8. The van der Waals surface area contributed by atoms with Crippen molar-refractivity contribution >= 4 is 17.6 Å². The maximum absolute atomic E-state index is 12.5. The number of likely N-dealkylation sites (tertiary alicyclic amines) is 1. The van der Waals surface area contributed by atoms with Gasteiger partial charge in [0.25, 0.3) is 0 Å². The predicted octanol–water partition coefficient (Wildman–Crippen LogP) is 2.51. The van der Waals surface area contributed by atoms with E-state index in [9.17, 15) is 4.79 Å². The third-order valence-electron chi connectivity index (χ3n) is 5.77. The van der Waals surface area contributed by atoms with Crippen LogP contribution in [-0.2, 0) is 18.2 Å². The number of urea groups is 1. The molecule has 8 nitrogen and oxygen atoms in total. The lowest BCUT2D eigenvalue weighted by Gasteiger charge is -2.33. The van der Waals surface area contributed by atoms with Gasteiger partial charge in [-0.05, 0) is 42.4 Å². The van der Waals surface area contributed by atoms with E-state index in [0.717, 1.165) is 70.6 Å². The third kappa shape index (κ3) is 5.46. The van der Waals surface area contributed by atoms with Crippen LogP contribution in [0.2, 0.25) is 0 Å². The maximum Gasteiger partial charge on any atom is 0.322 e. The molecule has 1 aromatic heterocycles. The van der Waals surface area contributed by atoms with E-state index in [1.54, 1.807) is 10.9 Å². The van der Waals surface area contributed by atoms with E-state index in [0.29, 0.717) is 0 Å². The van der Waals surface area contributed by atoms with Gasteiger partial charge < -0.3 is 14.7 Å². The van der Waals surface area contributed by atoms with Crippen molar-refractivity contribution in [3.05, 3.63) is 48.3 Å². The molecule has 0 bridgehead atoms. The second kappa shape index (κ2) is 10.4. The molecule has 1 spiro atoms. The summed E-state index contributed by atoms with van der Waals surface area (Å²) in [7, 11) is 2.89. The minimum absolute atomic E-state index is 0.00470. The zero-order valence-electron chi connectivity index (χ0n) is 17.8. The van der Waals surface area contributed by atoms with E-state index in [4.69, 9.17) is 9.84 Å². The number of hydrogen-bond acceptors (Lipinski definition) is 5. The van der Waals surface area contributed by atoms with Crippen molar-refractivity contribution in [1.82, 2.24) is 20.0 Å². The fourth-order valence-corrected chi connectivity index (χ4v) is 4.08. The Morgan fingerprint density at radius 3 is 2.57 bits per heavy atom. The lowest BCUT2D eigenvalue weighted by atomic mass is 9.80. The van der Waals surface area contributed by atoms with E-state index < -0.39 is 0 Å². The number of nitrogens with one attached hydrogen (secondary N) is 1. The summed E-state index contributed by atoms with van der Waals surface area (Å²) in [6.07, 6.45) is 7.59. The van der Waals surface area contributed by atoms with Crippen molar-refractivity contribution in [2.75, 3.05) is 33.4 Å². The Balaban J connectivity index is 0.000000273. The van der Waals surface area contributed by atoms with Crippen LogP contribution >= 0.6 is 0 Å². The van der Waals surface area contributed by atoms with Gasteiger partial charge in [-0.2, -0.15) is 5.10 Å². The van der Waals surface area contributed by atoms with Gasteiger partial charge in [0.1, 0.15) is 5.84 Å². The lowest BCUT2D eigenvalue weighted by Crippen LogP contribution is -2.43. The number of nitrogens with zero attached hydrogens (tertiary/aromatic N) is 4. The minimum atomic E-state index is -0.00470. The van der Waals surface area contributed by atoms with Gasteiger partial charge in [0.2, 0.25) is 0 Å². The quantitative estimate of drug-likeness (QED) is 0.694. The van der Waals surface area contributed by atoms with Crippen LogP contribution in [0.15, 0.2) is 47.7 Å². The number of carbonyl (C=O) groups excluding carboxylic acids is 1. The summed E-state index contributed by atoms with van der Waals surface area (Å²) >= 11 is 0. The SMILES string of the molecule is CO.Cn1cccn1.O=C(NC1=Nc2ccccc2C1)N1CCC2(CCOCC2)C1. The summed E-state index contributed by atoms with van der Waals surface area (Å²) in [5.74, 6) is 0.763. The van der Waals surface area contributed by atoms with Crippen molar-refractivity contribution in [2.24, 2.45) is 17.5 Å². The summed E-state index contributed by atoms with van der Waals surface area (Å²) in [5, 5.41) is 13.8. The first-order chi connectivity index (χ1) is 14.6. The average Bonchev–Trinajstić information content (AvgIpc) is 3.51. The molecule has 0 atom stereocenters. The molecule has 3 aliphatic heterocycles. The fourth-order valence-electron chi connectivity index (χ4n) is 4.08. The number of benzene rings is 1. The average molecular weight is 414 g/mol. The second-order valence-corrected chi connectivity index (χ2v) is 7.76. The van der Waals surface area contributed by atoms with Crippen LogP contribution in [0.25, 0.3) is 0 Å². The summed E-state index contributed by atoms with van der Waals surface area (Å²) in [5.41, 5.74) is 2.44. The van der Waals surface area contributed by atoms with Crippen molar-refractivity contribution in [2.45, 2.75) is 25.7 Å². The Kier molecular flexibility index (Phi) is 7.59. The Morgan fingerprint density at radius 2 is 1.93 bits per heavy atom. The number of ether oxygens (including phenoxy) is 1. The van der Waals surface area contributed by atoms with Crippen LogP contribution in [0.1, 0.15) is 24.8 Å². The summed E-state index contributed by atoms with van der Waals surface area (Å²) in [6, 6.07) is 9.92. The molecular weight excluding hydrogens is 382 g/mol. The first-order valence-electron chi connectivity index (χ1n) is 10.3. The number of carbonyl (C=O) groups is 1. The molecule has 2 amide bonds. The van der Waals surface area contributed by atoms with Crippen LogP contribution in [0.4, 0.5) is 10.5 Å². The van der Waals surface area contributed by atoms with Gasteiger partial charge in [-0.3, -0.25) is 10.00 Å². The first kappa shape index (κ1) is 22.0. The molecule has 0 saturated carbocycles. The smallest absolute Gasteiger partial charge is 0.322 e. The molecule has 30 heavy (non-hydrogen) atoms. The number of rotatable bonds is 0. The molecule has 2 aromatic rings. The molecule has 162 valence electrons. The van der Waals surface area contributed by atoms with Gasteiger partial charge in [-0.1, -0.05) is 18.2 Å². The van der Waals surface area contributed by atoms with Crippen LogP contribution in [-0.4, -0.2) is 65.1 Å². The number of aliphatic hydroxyl groups excluding tert-OH is 1. The highest BCUT2D eigenvalue weighted by atomic mass is 16.5. The molecule has 2 N–H and O–H groups in total. The number of aliphatic imine (C=N–C) groups is 1. The molecule has 8 heteroatoms. The molecule has 0 unspecified atom stereocenters. The van der Waals surface area contributed by atoms with Gasteiger partial charge in [0.05, 0.1) is 5.69 Å². The van der Waals surface area contributed by atoms with Crippen LogP contribution in [0.5, 0.6) is 0 Å². The zero-order chi connectivity index (χ0) is 21.4. The van der Waals surface area contributed by atoms with Gasteiger partial charge in [0, 0.05) is 59.3 Å². The van der Waals surface area contributed by atoms with Crippen LogP contribution in [0.3, 0.4) is 0 Å². The summed E-state index contributed by atoms with van der Waals surface area (Å²) < 4.78 is 7.21. The number of para-hydroxylation sites is 1. The summed E-state index contributed by atoms with van der Waals surface area (Å²) in [6.45, 7) is 3.35. The molecule has 4 heterocycles. The molecule has 1 aromatic carbocycles. The Bertz CT molecular complexity index is 844. The lowest BCUT2D eigenvalue weighted by molar-refractivity contribution is 0.0209. The molecule has 2 fully saturated rings. The van der Waals surface area contributed by atoms with Gasteiger partial charge in [-0.15, -0.1) is 0 Å². The van der Waals surface area contributed by atoms with Crippen LogP contribution < -0.4 is 5.32 Å². The molecule has 0 radical (unpaired) electrons.